The van der Waals surface area contributed by atoms with Crippen molar-refractivity contribution < 1.29 is 13.2 Å². The molecule has 3 rings (SSSR count). The van der Waals surface area contributed by atoms with Crippen molar-refractivity contribution in [2.75, 3.05) is 30.0 Å². The van der Waals surface area contributed by atoms with E-state index in [1.165, 1.54) is 6.42 Å². The first-order valence-electron chi connectivity index (χ1n) is 9.11. The zero-order chi connectivity index (χ0) is 18.0. The zero-order valence-corrected chi connectivity index (χ0v) is 15.8. The second-order valence-corrected chi connectivity index (χ2v) is 9.36. The minimum atomic E-state index is -3.01. The van der Waals surface area contributed by atoms with Gasteiger partial charge >= 0.3 is 0 Å². The predicted octanol–water partition coefficient (Wildman–Crippen LogP) is 2.11. The van der Waals surface area contributed by atoms with Crippen LogP contribution in [0.1, 0.15) is 49.4 Å². The molecule has 3 heterocycles. The summed E-state index contributed by atoms with van der Waals surface area (Å²) >= 11 is 0. The number of nitrogens with zero attached hydrogens (tertiary/aromatic N) is 3. The minimum Gasteiger partial charge on any atom is -0.354 e. The monoisotopic (exact) mass is 365 g/mol. The first kappa shape index (κ1) is 18.2. The largest absolute Gasteiger partial charge is 0.354 e. The van der Waals surface area contributed by atoms with Crippen LogP contribution >= 0.6 is 0 Å². The number of carbonyl (C=O) groups is 1. The van der Waals surface area contributed by atoms with Gasteiger partial charge < -0.3 is 9.80 Å². The van der Waals surface area contributed by atoms with E-state index in [4.69, 9.17) is 0 Å². The van der Waals surface area contributed by atoms with Gasteiger partial charge in [0.05, 0.1) is 11.5 Å². The lowest BCUT2D eigenvalue weighted by atomic mass is 10.00. The number of pyridine rings is 1. The predicted molar refractivity (Wildman–Crippen MR) is 98.7 cm³/mol. The Morgan fingerprint density at radius 1 is 1.36 bits per heavy atom. The van der Waals surface area contributed by atoms with Gasteiger partial charge in [-0.2, -0.15) is 0 Å². The lowest BCUT2D eigenvalue weighted by molar-refractivity contribution is 0.0747. The molecule has 0 spiro atoms. The van der Waals surface area contributed by atoms with Crippen molar-refractivity contribution >= 4 is 21.6 Å². The number of piperidine rings is 1. The first-order valence-corrected chi connectivity index (χ1v) is 10.9. The fraction of sp³-hybridized carbons (Fsp3) is 0.667. The highest BCUT2D eigenvalue weighted by Crippen LogP contribution is 2.26. The molecule has 25 heavy (non-hydrogen) atoms. The van der Waals surface area contributed by atoms with Crippen LogP contribution in [0.4, 0.5) is 5.82 Å². The Hall–Kier alpha value is -1.63. The van der Waals surface area contributed by atoms with Gasteiger partial charge in [0, 0.05) is 37.4 Å². The van der Waals surface area contributed by atoms with Crippen molar-refractivity contribution in [3.05, 3.63) is 23.9 Å². The van der Waals surface area contributed by atoms with Gasteiger partial charge in [-0.05, 0) is 44.2 Å². The first-order chi connectivity index (χ1) is 11.9. The molecule has 0 saturated carbocycles. The molecule has 1 amide bonds. The normalized spacial score (nSPS) is 25.8. The zero-order valence-electron chi connectivity index (χ0n) is 15.0. The molecule has 1 aromatic rings. The second kappa shape index (κ2) is 7.32. The maximum absolute atomic E-state index is 12.8. The number of hydrogen-bond donors (Lipinski definition) is 0. The number of sulfone groups is 1. The van der Waals surface area contributed by atoms with Crippen LogP contribution in [0.5, 0.6) is 0 Å². The number of rotatable bonds is 4. The Kier molecular flexibility index (Phi) is 5.32. The molecule has 0 aromatic carbocycles. The van der Waals surface area contributed by atoms with Crippen LogP contribution in [-0.4, -0.2) is 61.4 Å². The maximum Gasteiger partial charge on any atom is 0.254 e. The Bertz CT molecular complexity index is 735. The van der Waals surface area contributed by atoms with Gasteiger partial charge in [-0.3, -0.25) is 4.79 Å². The quantitative estimate of drug-likeness (QED) is 0.817. The van der Waals surface area contributed by atoms with E-state index < -0.39 is 9.84 Å². The molecule has 0 radical (unpaired) electrons. The van der Waals surface area contributed by atoms with E-state index in [2.05, 4.69) is 16.8 Å². The average molecular weight is 365 g/mol. The molecule has 7 heteroatoms. The molecule has 2 saturated heterocycles. The van der Waals surface area contributed by atoms with Gasteiger partial charge in [0.25, 0.3) is 5.91 Å². The van der Waals surface area contributed by atoms with Crippen molar-refractivity contribution in [3.63, 3.8) is 0 Å². The van der Waals surface area contributed by atoms with Gasteiger partial charge in [0.15, 0.2) is 9.84 Å². The van der Waals surface area contributed by atoms with E-state index in [-0.39, 0.29) is 23.5 Å². The molecule has 6 nitrogen and oxygen atoms in total. The summed E-state index contributed by atoms with van der Waals surface area (Å²) in [5.41, 5.74) is 0.581. The molecular formula is C18H27N3O3S. The summed E-state index contributed by atoms with van der Waals surface area (Å²) in [7, 11) is -1.31. The fourth-order valence-corrected chi connectivity index (χ4v) is 5.66. The third-order valence-electron chi connectivity index (χ3n) is 5.46. The van der Waals surface area contributed by atoms with Crippen molar-refractivity contribution in [2.45, 2.75) is 51.1 Å². The molecule has 138 valence electrons. The summed E-state index contributed by atoms with van der Waals surface area (Å²) in [5.74, 6) is 0.959. The third-order valence-corrected chi connectivity index (χ3v) is 7.21. The van der Waals surface area contributed by atoms with Crippen LogP contribution in [0, 0.1) is 0 Å². The van der Waals surface area contributed by atoms with Crippen LogP contribution in [0.2, 0.25) is 0 Å². The molecule has 2 fully saturated rings. The molecular weight excluding hydrogens is 338 g/mol. The average Bonchev–Trinajstić information content (AvgIpc) is 3.00. The van der Waals surface area contributed by atoms with Crippen molar-refractivity contribution in [2.24, 2.45) is 0 Å². The Morgan fingerprint density at radius 2 is 2.16 bits per heavy atom. The van der Waals surface area contributed by atoms with E-state index in [1.54, 1.807) is 24.2 Å². The number of aromatic nitrogens is 1. The van der Waals surface area contributed by atoms with E-state index >= 15 is 0 Å². The summed E-state index contributed by atoms with van der Waals surface area (Å²) < 4.78 is 23.4. The highest BCUT2D eigenvalue weighted by molar-refractivity contribution is 7.91. The van der Waals surface area contributed by atoms with E-state index in [0.29, 0.717) is 18.0 Å². The van der Waals surface area contributed by atoms with E-state index in [1.807, 2.05) is 6.07 Å². The second-order valence-electron chi connectivity index (χ2n) is 7.13. The van der Waals surface area contributed by atoms with Gasteiger partial charge in [0.2, 0.25) is 0 Å². The van der Waals surface area contributed by atoms with Crippen LogP contribution in [0.25, 0.3) is 0 Å². The molecule has 2 unspecified atom stereocenters. The SMILES string of the molecule is CCC1CCCCN1c1cc(C(=O)N(C)C2CCS(=O)(=O)C2)ccn1. The maximum atomic E-state index is 12.8. The standard InChI is InChI=1S/C18H27N3O3S/c1-3-15-6-4-5-10-21(15)17-12-14(7-9-19-17)18(22)20(2)16-8-11-25(23,24)13-16/h7,9,12,15-16H,3-6,8,10-11,13H2,1-2H3. The van der Waals surface area contributed by atoms with Gasteiger partial charge in [-0.15, -0.1) is 0 Å². The highest BCUT2D eigenvalue weighted by atomic mass is 32.2. The summed E-state index contributed by atoms with van der Waals surface area (Å²) in [6.07, 6.45) is 6.83. The molecule has 2 aliphatic heterocycles. The molecule has 0 bridgehead atoms. The molecule has 1 aromatic heterocycles. The van der Waals surface area contributed by atoms with Crippen LogP contribution in [0.15, 0.2) is 18.3 Å². The number of carbonyl (C=O) groups excluding carboxylic acids is 1. The lowest BCUT2D eigenvalue weighted by Gasteiger charge is -2.36. The van der Waals surface area contributed by atoms with Crippen LogP contribution < -0.4 is 4.90 Å². The molecule has 0 N–H and O–H groups in total. The summed E-state index contributed by atoms with van der Waals surface area (Å²) in [6.45, 7) is 3.16. The van der Waals surface area contributed by atoms with E-state index in [0.717, 1.165) is 31.6 Å². The summed E-state index contributed by atoms with van der Waals surface area (Å²) in [4.78, 5) is 21.2. The highest BCUT2D eigenvalue weighted by Gasteiger charge is 2.33. The third kappa shape index (κ3) is 3.97. The van der Waals surface area contributed by atoms with Crippen molar-refractivity contribution in [3.8, 4) is 0 Å². The number of anilines is 1. The summed E-state index contributed by atoms with van der Waals surface area (Å²) in [6, 6.07) is 3.82. The molecule has 0 aliphatic carbocycles. The number of amides is 1. The van der Waals surface area contributed by atoms with Crippen LogP contribution in [0.3, 0.4) is 0 Å². The van der Waals surface area contributed by atoms with E-state index in [9.17, 15) is 13.2 Å². The fourth-order valence-electron chi connectivity index (χ4n) is 3.89. The van der Waals surface area contributed by atoms with Gasteiger partial charge in [0.1, 0.15) is 5.82 Å². The number of hydrogen-bond acceptors (Lipinski definition) is 5. The Balaban J connectivity index is 1.77. The topological polar surface area (TPSA) is 70.6 Å². The molecule has 2 atom stereocenters. The van der Waals surface area contributed by atoms with Crippen molar-refractivity contribution in [1.82, 2.24) is 9.88 Å². The Morgan fingerprint density at radius 3 is 2.84 bits per heavy atom. The van der Waals surface area contributed by atoms with Crippen molar-refractivity contribution in [1.29, 1.82) is 0 Å². The minimum absolute atomic E-state index is 0.0667. The smallest absolute Gasteiger partial charge is 0.254 e. The lowest BCUT2D eigenvalue weighted by Crippen LogP contribution is -2.40. The van der Waals surface area contributed by atoms with Gasteiger partial charge in [-0.1, -0.05) is 6.92 Å². The van der Waals surface area contributed by atoms with Gasteiger partial charge in [-0.25, -0.2) is 13.4 Å². The van der Waals surface area contributed by atoms with Crippen LogP contribution in [-0.2, 0) is 9.84 Å². The molecule has 2 aliphatic rings. The summed E-state index contributed by atoms with van der Waals surface area (Å²) in [5, 5.41) is 0. The Labute approximate surface area is 150 Å².